The Bertz CT molecular complexity index is 935. The average molecular weight is 336 g/mol. The van der Waals surface area contributed by atoms with Crippen LogP contribution >= 0.6 is 0 Å². The number of hydrogen-bond acceptors (Lipinski definition) is 2. The molecule has 0 unspecified atom stereocenters. The molecule has 4 rings (SSSR count). The Kier molecular flexibility index (Phi) is 6.19. The third-order valence-corrected chi connectivity index (χ3v) is 3.82. The molecule has 0 spiro atoms. The lowest BCUT2D eigenvalue weighted by Crippen LogP contribution is -3.00. The van der Waals surface area contributed by atoms with Crippen LogP contribution in [-0.2, 0) is 6.54 Å². The van der Waals surface area contributed by atoms with E-state index in [4.69, 9.17) is 11.5 Å². The Morgan fingerprint density at radius 3 is 1.67 bits per heavy atom. The number of hydrogen-bond donors (Lipinski definition) is 2. The molecule has 0 aliphatic carbocycles. The van der Waals surface area contributed by atoms with Crippen molar-refractivity contribution < 1.29 is 12.4 Å². The first-order chi connectivity index (χ1) is 11.3. The van der Waals surface area contributed by atoms with Gasteiger partial charge < -0.3 is 23.9 Å². The third kappa shape index (κ3) is 4.25. The van der Waals surface area contributed by atoms with Crippen molar-refractivity contribution in [2.45, 2.75) is 6.54 Å². The summed E-state index contributed by atoms with van der Waals surface area (Å²) in [5, 5.41) is 4.98. The van der Waals surface area contributed by atoms with Crippen molar-refractivity contribution in [1.82, 2.24) is 0 Å². The Morgan fingerprint density at radius 2 is 1.08 bits per heavy atom. The first-order valence-electron chi connectivity index (χ1n) is 7.68. The van der Waals surface area contributed by atoms with E-state index in [1.165, 1.54) is 27.1 Å². The topological polar surface area (TPSA) is 52.0 Å². The summed E-state index contributed by atoms with van der Waals surface area (Å²) in [7, 11) is 0. The van der Waals surface area contributed by atoms with Crippen molar-refractivity contribution in [3.8, 4) is 0 Å². The largest absolute Gasteiger partial charge is 1.00 e. The Balaban J connectivity index is 0.000000167. The standard InChI is InChI=1S/C11H11N.C10H9N.ClH/c12-8-9-5-6-10-3-1-2-4-11(10)7-9;11-10-6-5-8-3-1-2-4-9(8)7-10;/h1-7H,8,12H2;1-7H,11H2;1H/p-1. The van der Waals surface area contributed by atoms with Gasteiger partial charge in [-0.15, -0.1) is 0 Å². The molecule has 0 saturated heterocycles. The summed E-state index contributed by atoms with van der Waals surface area (Å²) in [4.78, 5) is 0. The lowest BCUT2D eigenvalue weighted by Gasteiger charge is -1.99. The van der Waals surface area contributed by atoms with Crippen molar-refractivity contribution >= 4 is 27.2 Å². The van der Waals surface area contributed by atoms with E-state index in [2.05, 4.69) is 42.5 Å². The minimum atomic E-state index is 0. The number of fused-ring (bicyclic) bond motifs is 2. The maximum Gasteiger partial charge on any atom is 0.0320 e. The summed E-state index contributed by atoms with van der Waals surface area (Å²) >= 11 is 0. The molecule has 0 aliphatic rings. The summed E-state index contributed by atoms with van der Waals surface area (Å²) < 4.78 is 0. The van der Waals surface area contributed by atoms with Gasteiger partial charge in [0.1, 0.15) is 0 Å². The molecule has 4 aromatic carbocycles. The third-order valence-electron chi connectivity index (χ3n) is 3.82. The van der Waals surface area contributed by atoms with Crippen molar-refractivity contribution in [3.05, 3.63) is 90.5 Å². The van der Waals surface area contributed by atoms with E-state index >= 15 is 0 Å². The molecule has 0 aromatic heterocycles. The summed E-state index contributed by atoms with van der Waals surface area (Å²) in [5.41, 5.74) is 13.2. The van der Waals surface area contributed by atoms with Crippen LogP contribution in [-0.4, -0.2) is 0 Å². The highest BCUT2D eigenvalue weighted by Gasteiger charge is 1.92. The molecule has 4 aromatic rings. The van der Waals surface area contributed by atoms with Gasteiger partial charge in [-0.1, -0.05) is 66.7 Å². The molecule has 0 saturated carbocycles. The van der Waals surface area contributed by atoms with Crippen LogP contribution in [0.1, 0.15) is 5.56 Å². The van der Waals surface area contributed by atoms with Crippen LogP contribution in [0.5, 0.6) is 0 Å². The molecule has 0 aliphatic heterocycles. The molecule has 122 valence electrons. The fourth-order valence-corrected chi connectivity index (χ4v) is 2.57. The van der Waals surface area contributed by atoms with Gasteiger partial charge in [0.15, 0.2) is 0 Å². The predicted octanol–water partition coefficient (Wildman–Crippen LogP) is 1.72. The average Bonchev–Trinajstić information content (AvgIpc) is 2.61. The molecule has 3 heteroatoms. The number of benzene rings is 4. The minimum Gasteiger partial charge on any atom is -1.00 e. The number of nitrogen functional groups attached to an aromatic ring is 1. The molecule has 24 heavy (non-hydrogen) atoms. The number of rotatable bonds is 1. The highest BCUT2D eigenvalue weighted by atomic mass is 35.5. The van der Waals surface area contributed by atoms with Gasteiger partial charge in [-0.3, -0.25) is 0 Å². The van der Waals surface area contributed by atoms with Gasteiger partial charge >= 0.3 is 0 Å². The Morgan fingerprint density at radius 1 is 0.583 bits per heavy atom. The number of anilines is 1. The molecule has 0 bridgehead atoms. The zero-order valence-electron chi connectivity index (χ0n) is 13.3. The fraction of sp³-hybridized carbons (Fsp3) is 0.0476. The molecule has 0 atom stereocenters. The monoisotopic (exact) mass is 335 g/mol. The SMILES string of the molecule is NCc1ccc2ccccc2c1.Nc1ccc2ccccc2c1.[Cl-]. The van der Waals surface area contributed by atoms with Gasteiger partial charge in [0.05, 0.1) is 0 Å². The Hall–Kier alpha value is -2.55. The molecular weight excluding hydrogens is 316 g/mol. The zero-order chi connectivity index (χ0) is 16.1. The summed E-state index contributed by atoms with van der Waals surface area (Å²) in [6.07, 6.45) is 0. The van der Waals surface area contributed by atoms with E-state index < -0.39 is 0 Å². The van der Waals surface area contributed by atoms with Crippen LogP contribution in [0.2, 0.25) is 0 Å². The van der Waals surface area contributed by atoms with Gasteiger partial charge in [0.2, 0.25) is 0 Å². The molecule has 0 amide bonds. The van der Waals surface area contributed by atoms with E-state index in [0.717, 1.165) is 5.69 Å². The highest BCUT2D eigenvalue weighted by molar-refractivity contribution is 5.85. The van der Waals surface area contributed by atoms with E-state index in [9.17, 15) is 0 Å². The maximum absolute atomic E-state index is 5.62. The number of nitrogens with two attached hydrogens (primary N) is 2. The van der Waals surface area contributed by atoms with E-state index in [1.54, 1.807) is 0 Å². The second-order valence-electron chi connectivity index (χ2n) is 5.49. The molecular formula is C21H20ClN2-. The quantitative estimate of drug-likeness (QED) is 0.520. The fourth-order valence-electron chi connectivity index (χ4n) is 2.57. The highest BCUT2D eigenvalue weighted by Crippen LogP contribution is 2.16. The van der Waals surface area contributed by atoms with Crippen molar-refractivity contribution in [3.63, 3.8) is 0 Å². The van der Waals surface area contributed by atoms with Crippen molar-refractivity contribution in [1.29, 1.82) is 0 Å². The van der Waals surface area contributed by atoms with Crippen LogP contribution < -0.4 is 23.9 Å². The second-order valence-corrected chi connectivity index (χ2v) is 5.49. The molecule has 4 N–H and O–H groups in total. The van der Waals surface area contributed by atoms with Crippen LogP contribution in [0.3, 0.4) is 0 Å². The first-order valence-corrected chi connectivity index (χ1v) is 7.68. The molecule has 0 heterocycles. The number of halogens is 1. The van der Waals surface area contributed by atoms with E-state index in [1.807, 2.05) is 42.5 Å². The van der Waals surface area contributed by atoms with Gasteiger partial charge in [-0.25, -0.2) is 0 Å². The first kappa shape index (κ1) is 17.8. The Labute approximate surface area is 148 Å². The van der Waals surface area contributed by atoms with Crippen LogP contribution in [0.15, 0.2) is 84.9 Å². The van der Waals surface area contributed by atoms with Crippen LogP contribution in [0, 0.1) is 0 Å². The molecule has 0 radical (unpaired) electrons. The normalized spacial score (nSPS) is 9.88. The molecule has 0 fully saturated rings. The van der Waals surface area contributed by atoms with Gasteiger partial charge in [-0.2, -0.15) is 0 Å². The maximum atomic E-state index is 5.62. The summed E-state index contributed by atoms with van der Waals surface area (Å²) in [5.74, 6) is 0. The summed E-state index contributed by atoms with van der Waals surface area (Å²) in [6, 6.07) is 28.7. The van der Waals surface area contributed by atoms with Crippen molar-refractivity contribution in [2.75, 3.05) is 5.73 Å². The van der Waals surface area contributed by atoms with Crippen LogP contribution in [0.4, 0.5) is 5.69 Å². The minimum absolute atomic E-state index is 0. The van der Waals surface area contributed by atoms with E-state index in [0.29, 0.717) is 6.54 Å². The zero-order valence-corrected chi connectivity index (χ0v) is 14.1. The van der Waals surface area contributed by atoms with Crippen molar-refractivity contribution in [2.24, 2.45) is 5.73 Å². The smallest absolute Gasteiger partial charge is 0.0320 e. The molecule has 2 nitrogen and oxygen atoms in total. The lowest BCUT2D eigenvalue weighted by molar-refractivity contribution is -0.00000459. The second kappa shape index (κ2) is 8.34. The van der Waals surface area contributed by atoms with E-state index in [-0.39, 0.29) is 12.4 Å². The summed E-state index contributed by atoms with van der Waals surface area (Å²) in [6.45, 7) is 0.616. The lowest BCUT2D eigenvalue weighted by atomic mass is 10.1. The van der Waals surface area contributed by atoms with Gasteiger partial charge in [0.25, 0.3) is 0 Å². The predicted molar refractivity (Wildman–Crippen MR) is 100 cm³/mol. The van der Waals surface area contributed by atoms with Gasteiger partial charge in [0, 0.05) is 12.2 Å². The van der Waals surface area contributed by atoms with Crippen LogP contribution in [0.25, 0.3) is 21.5 Å². The van der Waals surface area contributed by atoms with Gasteiger partial charge in [-0.05, 0) is 45.3 Å².